The van der Waals surface area contributed by atoms with Crippen molar-refractivity contribution >= 4 is 70.4 Å². The van der Waals surface area contributed by atoms with Gasteiger partial charge in [0.2, 0.25) is 11.8 Å². The van der Waals surface area contributed by atoms with E-state index in [1.54, 1.807) is 48.6 Å². The Kier molecular flexibility index (Phi) is 10.2. The fourth-order valence-electron chi connectivity index (χ4n) is 2.45. The highest BCUT2D eigenvalue weighted by Gasteiger charge is 2.04. The second-order valence-corrected chi connectivity index (χ2v) is 7.86. The highest BCUT2D eigenvalue weighted by atomic mass is 35.5. The van der Waals surface area contributed by atoms with E-state index in [2.05, 4.69) is 10.6 Å². The molecule has 0 aliphatic carbocycles. The predicted octanol–water partition coefficient (Wildman–Crippen LogP) is 6.04. The third-order valence-electron chi connectivity index (χ3n) is 4.00. The number of carbonyl (C=O) groups is 2. The van der Waals surface area contributed by atoms with Crippen LogP contribution < -0.4 is 10.6 Å². The van der Waals surface area contributed by atoms with Crippen LogP contribution in [0, 0.1) is 0 Å². The SMILES string of the molecule is O=C(/C=C/c1c(Cl)cccc1Cl)NCCCCNC(=O)/C=C/c1c(Cl)cccc1Cl. The molecule has 0 fully saturated rings. The van der Waals surface area contributed by atoms with Gasteiger partial charge in [0.15, 0.2) is 0 Å². The van der Waals surface area contributed by atoms with Crippen molar-refractivity contribution in [3.8, 4) is 0 Å². The topological polar surface area (TPSA) is 58.2 Å². The van der Waals surface area contributed by atoms with E-state index >= 15 is 0 Å². The number of hydrogen-bond acceptors (Lipinski definition) is 2. The van der Waals surface area contributed by atoms with Crippen molar-refractivity contribution in [1.82, 2.24) is 10.6 Å². The molecule has 0 saturated carbocycles. The van der Waals surface area contributed by atoms with E-state index in [9.17, 15) is 9.59 Å². The zero-order valence-electron chi connectivity index (χ0n) is 15.9. The van der Waals surface area contributed by atoms with Crippen molar-refractivity contribution in [1.29, 1.82) is 0 Å². The summed E-state index contributed by atoms with van der Waals surface area (Å²) in [7, 11) is 0. The van der Waals surface area contributed by atoms with Gasteiger partial charge in [-0.2, -0.15) is 0 Å². The van der Waals surface area contributed by atoms with E-state index < -0.39 is 0 Å². The number of halogens is 4. The number of rotatable bonds is 9. The second-order valence-electron chi connectivity index (χ2n) is 6.23. The zero-order chi connectivity index (χ0) is 21.9. The molecular formula is C22H20Cl4N2O2. The van der Waals surface area contributed by atoms with Gasteiger partial charge in [-0.15, -0.1) is 0 Å². The summed E-state index contributed by atoms with van der Waals surface area (Å²) in [5, 5.41) is 7.46. The molecule has 2 rings (SSSR count). The summed E-state index contributed by atoms with van der Waals surface area (Å²) in [6.45, 7) is 0.973. The van der Waals surface area contributed by atoms with E-state index in [1.807, 2.05) is 0 Å². The molecule has 0 spiro atoms. The van der Waals surface area contributed by atoms with Crippen molar-refractivity contribution in [2.24, 2.45) is 0 Å². The van der Waals surface area contributed by atoms with Gasteiger partial charge in [0.25, 0.3) is 0 Å². The minimum atomic E-state index is -0.241. The Balaban J connectivity index is 1.64. The molecule has 0 radical (unpaired) electrons. The molecule has 2 aromatic carbocycles. The highest BCUT2D eigenvalue weighted by Crippen LogP contribution is 2.26. The van der Waals surface area contributed by atoms with Crippen LogP contribution in [0.15, 0.2) is 48.6 Å². The van der Waals surface area contributed by atoms with E-state index in [4.69, 9.17) is 46.4 Å². The number of nitrogens with one attached hydrogen (secondary N) is 2. The molecule has 0 aliphatic heterocycles. The van der Waals surface area contributed by atoms with Crippen LogP contribution in [0.25, 0.3) is 12.2 Å². The Morgan fingerprint density at radius 1 is 0.667 bits per heavy atom. The molecule has 0 aromatic heterocycles. The summed E-state index contributed by atoms with van der Waals surface area (Å²) in [4.78, 5) is 23.7. The first-order chi connectivity index (χ1) is 14.4. The summed E-state index contributed by atoms with van der Waals surface area (Å²) < 4.78 is 0. The van der Waals surface area contributed by atoms with Crippen LogP contribution in [-0.4, -0.2) is 24.9 Å². The number of hydrogen-bond donors (Lipinski definition) is 2. The number of carbonyl (C=O) groups excluding carboxylic acids is 2. The Bertz CT molecular complexity index is 840. The van der Waals surface area contributed by atoms with E-state index in [0.717, 1.165) is 0 Å². The van der Waals surface area contributed by atoms with Gasteiger partial charge >= 0.3 is 0 Å². The molecule has 0 unspecified atom stereocenters. The van der Waals surface area contributed by atoms with Crippen molar-refractivity contribution in [3.63, 3.8) is 0 Å². The Morgan fingerprint density at radius 3 is 1.33 bits per heavy atom. The Hall–Kier alpha value is -1.98. The molecule has 30 heavy (non-hydrogen) atoms. The molecule has 2 N–H and O–H groups in total. The van der Waals surface area contributed by atoms with Crippen molar-refractivity contribution in [2.75, 3.05) is 13.1 Å². The minimum Gasteiger partial charge on any atom is -0.353 e. The van der Waals surface area contributed by atoms with Crippen LogP contribution >= 0.6 is 46.4 Å². The lowest BCUT2D eigenvalue weighted by molar-refractivity contribution is -0.117. The van der Waals surface area contributed by atoms with Crippen LogP contribution in [0.5, 0.6) is 0 Å². The minimum absolute atomic E-state index is 0.241. The van der Waals surface area contributed by atoms with Crippen molar-refractivity contribution in [3.05, 3.63) is 79.8 Å². The highest BCUT2D eigenvalue weighted by molar-refractivity contribution is 6.37. The first-order valence-corrected chi connectivity index (χ1v) is 10.7. The maximum Gasteiger partial charge on any atom is 0.244 e. The standard InChI is InChI=1S/C22H20Cl4N2O2/c23-17-5-3-6-18(24)15(17)9-11-21(29)27-13-1-2-14-28-22(30)12-10-16-19(25)7-4-8-20(16)26/h3-12H,1-2,13-14H2,(H,27,29)(H,28,30)/b11-9+,12-10+. The Labute approximate surface area is 195 Å². The molecular weight excluding hydrogens is 466 g/mol. The fourth-order valence-corrected chi connectivity index (χ4v) is 3.50. The molecule has 0 bridgehead atoms. The average molecular weight is 486 g/mol. The molecule has 2 aromatic rings. The van der Waals surface area contributed by atoms with Gasteiger partial charge in [0, 0.05) is 56.5 Å². The normalized spacial score (nSPS) is 11.2. The lowest BCUT2D eigenvalue weighted by Crippen LogP contribution is -2.25. The first-order valence-electron chi connectivity index (χ1n) is 9.18. The van der Waals surface area contributed by atoms with E-state index in [1.165, 1.54) is 12.2 Å². The monoisotopic (exact) mass is 484 g/mol. The van der Waals surface area contributed by atoms with E-state index in [-0.39, 0.29) is 11.8 Å². The average Bonchev–Trinajstić information content (AvgIpc) is 2.70. The third-order valence-corrected chi connectivity index (χ3v) is 5.32. The van der Waals surface area contributed by atoms with Crippen LogP contribution in [0.3, 0.4) is 0 Å². The molecule has 4 nitrogen and oxygen atoms in total. The van der Waals surface area contributed by atoms with Crippen LogP contribution in [0.1, 0.15) is 24.0 Å². The zero-order valence-corrected chi connectivity index (χ0v) is 19.0. The molecule has 0 aliphatic rings. The molecule has 8 heteroatoms. The van der Waals surface area contributed by atoms with Crippen LogP contribution in [0.2, 0.25) is 20.1 Å². The van der Waals surface area contributed by atoms with Gasteiger partial charge in [-0.1, -0.05) is 58.5 Å². The number of unbranched alkanes of at least 4 members (excludes halogenated alkanes) is 1. The molecule has 2 amide bonds. The summed E-state index contributed by atoms with van der Waals surface area (Å²) in [5.41, 5.74) is 1.20. The molecule has 0 heterocycles. The predicted molar refractivity (Wildman–Crippen MR) is 126 cm³/mol. The van der Waals surface area contributed by atoms with Crippen LogP contribution in [0.4, 0.5) is 0 Å². The third kappa shape index (κ3) is 8.04. The van der Waals surface area contributed by atoms with E-state index in [0.29, 0.717) is 57.1 Å². The summed E-state index contributed by atoms with van der Waals surface area (Å²) in [6, 6.07) is 10.3. The number of amides is 2. The van der Waals surface area contributed by atoms with Gasteiger partial charge in [0.1, 0.15) is 0 Å². The second kappa shape index (κ2) is 12.7. The van der Waals surface area contributed by atoms with Gasteiger partial charge in [-0.3, -0.25) is 9.59 Å². The first kappa shape index (κ1) is 24.3. The Morgan fingerprint density at radius 2 is 1.00 bits per heavy atom. The smallest absolute Gasteiger partial charge is 0.244 e. The van der Waals surface area contributed by atoms with Gasteiger partial charge in [-0.25, -0.2) is 0 Å². The number of benzene rings is 2. The lowest BCUT2D eigenvalue weighted by atomic mass is 10.2. The van der Waals surface area contributed by atoms with Crippen molar-refractivity contribution < 1.29 is 9.59 Å². The van der Waals surface area contributed by atoms with Gasteiger partial charge < -0.3 is 10.6 Å². The summed E-state index contributed by atoms with van der Waals surface area (Å²) >= 11 is 24.2. The summed E-state index contributed by atoms with van der Waals surface area (Å²) in [5.74, 6) is -0.482. The molecule has 158 valence electrons. The largest absolute Gasteiger partial charge is 0.353 e. The van der Waals surface area contributed by atoms with Gasteiger partial charge in [-0.05, 0) is 49.3 Å². The maximum absolute atomic E-state index is 11.9. The van der Waals surface area contributed by atoms with Gasteiger partial charge in [0.05, 0.1) is 0 Å². The van der Waals surface area contributed by atoms with Crippen molar-refractivity contribution in [2.45, 2.75) is 12.8 Å². The molecule has 0 atom stereocenters. The molecule has 0 saturated heterocycles. The maximum atomic E-state index is 11.9. The lowest BCUT2D eigenvalue weighted by Gasteiger charge is -2.05. The van der Waals surface area contributed by atoms with Crippen LogP contribution in [-0.2, 0) is 9.59 Å². The fraction of sp³-hybridized carbons (Fsp3) is 0.182. The quantitative estimate of drug-likeness (QED) is 0.336. The summed E-state index contributed by atoms with van der Waals surface area (Å²) in [6.07, 6.45) is 7.37.